The molecular weight excluding hydrogens is 252 g/mol. The van der Waals surface area contributed by atoms with E-state index in [1.165, 1.54) is 32.0 Å². The number of aromatic nitrogens is 4. The molecule has 6 nitrogen and oxygen atoms in total. The summed E-state index contributed by atoms with van der Waals surface area (Å²) < 4.78 is 1.75. The number of rotatable bonds is 5. The third-order valence-corrected chi connectivity index (χ3v) is 4.10. The summed E-state index contributed by atoms with van der Waals surface area (Å²) in [6.45, 7) is 3.93. The average Bonchev–Trinajstić information content (AvgIpc) is 3.09. The molecule has 3 rings (SSSR count). The monoisotopic (exact) mass is 274 g/mol. The van der Waals surface area contributed by atoms with Crippen molar-refractivity contribution in [2.75, 3.05) is 25.5 Å². The van der Waals surface area contributed by atoms with Crippen molar-refractivity contribution in [3.05, 3.63) is 18.1 Å². The van der Waals surface area contributed by atoms with Crippen LogP contribution in [0.5, 0.6) is 0 Å². The number of hydrogen-bond acceptors (Lipinski definition) is 5. The van der Waals surface area contributed by atoms with Gasteiger partial charge in [-0.15, -0.1) is 0 Å². The highest BCUT2D eigenvalue weighted by molar-refractivity contribution is 5.44. The van der Waals surface area contributed by atoms with Gasteiger partial charge in [-0.05, 0) is 26.8 Å². The molecule has 0 saturated heterocycles. The highest BCUT2D eigenvalue weighted by Crippen LogP contribution is 2.22. The summed E-state index contributed by atoms with van der Waals surface area (Å²) in [5.41, 5.74) is 0.956. The molecule has 1 saturated carbocycles. The molecule has 0 aliphatic heterocycles. The molecule has 0 atom stereocenters. The van der Waals surface area contributed by atoms with E-state index >= 15 is 0 Å². The minimum atomic E-state index is 0.650. The van der Waals surface area contributed by atoms with E-state index in [0.29, 0.717) is 5.78 Å². The van der Waals surface area contributed by atoms with E-state index in [4.69, 9.17) is 0 Å². The van der Waals surface area contributed by atoms with Crippen LogP contribution in [-0.2, 0) is 0 Å². The van der Waals surface area contributed by atoms with Crippen LogP contribution >= 0.6 is 0 Å². The molecule has 0 unspecified atom stereocenters. The van der Waals surface area contributed by atoms with Crippen LogP contribution in [0.1, 0.15) is 31.4 Å². The summed E-state index contributed by atoms with van der Waals surface area (Å²) in [5.74, 6) is 1.61. The Morgan fingerprint density at radius 1 is 1.40 bits per heavy atom. The van der Waals surface area contributed by atoms with E-state index < -0.39 is 0 Å². The number of anilines is 1. The smallest absolute Gasteiger partial charge is 0.254 e. The highest BCUT2D eigenvalue weighted by atomic mass is 15.4. The Labute approximate surface area is 119 Å². The van der Waals surface area contributed by atoms with E-state index in [-0.39, 0.29) is 0 Å². The Balaban J connectivity index is 1.60. The average molecular weight is 274 g/mol. The summed E-state index contributed by atoms with van der Waals surface area (Å²) in [7, 11) is 2.22. The molecule has 1 N–H and O–H groups in total. The minimum Gasteiger partial charge on any atom is -0.369 e. The van der Waals surface area contributed by atoms with Crippen molar-refractivity contribution in [1.82, 2.24) is 24.5 Å². The molecule has 2 aromatic heterocycles. The number of likely N-dealkylation sites (N-methyl/N-ethyl adjacent to an activating group) is 1. The zero-order chi connectivity index (χ0) is 13.9. The quantitative estimate of drug-likeness (QED) is 0.899. The fourth-order valence-corrected chi connectivity index (χ4v) is 2.94. The Morgan fingerprint density at radius 2 is 2.20 bits per heavy atom. The molecule has 0 bridgehead atoms. The number of aryl methyl sites for hydroxylation is 1. The summed E-state index contributed by atoms with van der Waals surface area (Å²) in [6.07, 6.45) is 6.99. The van der Waals surface area contributed by atoms with Gasteiger partial charge in [-0.25, -0.2) is 4.98 Å². The van der Waals surface area contributed by atoms with Crippen LogP contribution in [0.25, 0.3) is 5.78 Å². The highest BCUT2D eigenvalue weighted by Gasteiger charge is 2.18. The van der Waals surface area contributed by atoms with Gasteiger partial charge in [-0.2, -0.15) is 14.6 Å². The normalized spacial score (nSPS) is 16.4. The van der Waals surface area contributed by atoms with Crippen molar-refractivity contribution in [2.45, 2.75) is 38.6 Å². The van der Waals surface area contributed by atoms with Crippen LogP contribution in [0, 0.1) is 6.92 Å². The van der Waals surface area contributed by atoms with Crippen LogP contribution in [-0.4, -0.2) is 50.7 Å². The lowest BCUT2D eigenvalue weighted by Crippen LogP contribution is -2.33. The molecule has 1 aliphatic carbocycles. The lowest BCUT2D eigenvalue weighted by atomic mass is 10.2. The van der Waals surface area contributed by atoms with Crippen molar-refractivity contribution in [3.8, 4) is 0 Å². The standard InChI is InChI=1S/C14H22N6/c1-11-9-13(20-14(18-11)16-10-17-20)15-7-8-19(2)12-5-3-4-6-12/h9-10,12,15H,3-8H2,1-2H3. The van der Waals surface area contributed by atoms with Crippen molar-refractivity contribution >= 4 is 11.6 Å². The van der Waals surface area contributed by atoms with Crippen molar-refractivity contribution in [2.24, 2.45) is 0 Å². The summed E-state index contributed by atoms with van der Waals surface area (Å²) in [6, 6.07) is 2.78. The molecule has 108 valence electrons. The largest absolute Gasteiger partial charge is 0.369 e. The fraction of sp³-hybridized carbons (Fsp3) is 0.643. The Kier molecular flexibility index (Phi) is 3.82. The predicted molar refractivity (Wildman–Crippen MR) is 78.9 cm³/mol. The van der Waals surface area contributed by atoms with Crippen LogP contribution in [0.4, 0.5) is 5.82 Å². The van der Waals surface area contributed by atoms with Gasteiger partial charge in [-0.1, -0.05) is 12.8 Å². The first-order valence-corrected chi connectivity index (χ1v) is 7.35. The zero-order valence-corrected chi connectivity index (χ0v) is 12.2. The van der Waals surface area contributed by atoms with Gasteiger partial charge in [0.2, 0.25) is 0 Å². The van der Waals surface area contributed by atoms with E-state index in [9.17, 15) is 0 Å². The van der Waals surface area contributed by atoms with Crippen molar-refractivity contribution < 1.29 is 0 Å². The maximum atomic E-state index is 4.34. The Hall–Kier alpha value is -1.69. The molecule has 0 amide bonds. The molecule has 2 heterocycles. The second kappa shape index (κ2) is 5.75. The third-order valence-electron chi connectivity index (χ3n) is 4.10. The maximum Gasteiger partial charge on any atom is 0.254 e. The molecule has 0 spiro atoms. The van der Waals surface area contributed by atoms with Gasteiger partial charge in [0.1, 0.15) is 12.1 Å². The van der Waals surface area contributed by atoms with Crippen LogP contribution < -0.4 is 5.32 Å². The summed E-state index contributed by atoms with van der Waals surface area (Å²) in [5, 5.41) is 7.65. The van der Waals surface area contributed by atoms with Crippen molar-refractivity contribution in [3.63, 3.8) is 0 Å². The third kappa shape index (κ3) is 2.75. The van der Waals surface area contributed by atoms with Crippen LogP contribution in [0.2, 0.25) is 0 Å². The van der Waals surface area contributed by atoms with Crippen LogP contribution in [0.15, 0.2) is 12.4 Å². The number of nitrogens with zero attached hydrogens (tertiary/aromatic N) is 5. The maximum absolute atomic E-state index is 4.34. The molecule has 6 heteroatoms. The Bertz CT molecular complexity index is 572. The molecule has 1 aliphatic rings. The van der Waals surface area contributed by atoms with E-state index in [2.05, 4.69) is 32.3 Å². The van der Waals surface area contributed by atoms with E-state index in [1.807, 2.05) is 13.0 Å². The topological polar surface area (TPSA) is 58.4 Å². The van der Waals surface area contributed by atoms with Gasteiger partial charge in [0, 0.05) is 30.9 Å². The molecule has 20 heavy (non-hydrogen) atoms. The molecule has 0 aromatic carbocycles. The second-order valence-corrected chi connectivity index (χ2v) is 5.60. The van der Waals surface area contributed by atoms with Gasteiger partial charge in [0.15, 0.2) is 0 Å². The summed E-state index contributed by atoms with van der Waals surface area (Å²) in [4.78, 5) is 10.9. The van der Waals surface area contributed by atoms with Crippen molar-refractivity contribution in [1.29, 1.82) is 0 Å². The fourth-order valence-electron chi connectivity index (χ4n) is 2.94. The SMILES string of the molecule is Cc1cc(NCCN(C)C2CCCC2)n2ncnc2n1. The van der Waals surface area contributed by atoms with Gasteiger partial charge < -0.3 is 10.2 Å². The molecule has 1 fully saturated rings. The first-order valence-electron chi connectivity index (χ1n) is 7.35. The number of nitrogens with one attached hydrogen (secondary N) is 1. The Morgan fingerprint density at radius 3 is 3.00 bits per heavy atom. The van der Waals surface area contributed by atoms with Gasteiger partial charge in [-0.3, -0.25) is 0 Å². The molecule has 0 radical (unpaired) electrons. The number of fused-ring (bicyclic) bond motifs is 1. The van der Waals surface area contributed by atoms with Gasteiger partial charge in [0.25, 0.3) is 5.78 Å². The first-order chi connectivity index (χ1) is 9.74. The van der Waals surface area contributed by atoms with Crippen LogP contribution in [0.3, 0.4) is 0 Å². The minimum absolute atomic E-state index is 0.650. The molecule has 2 aromatic rings. The predicted octanol–water partition coefficient (Wildman–Crippen LogP) is 1.72. The number of hydrogen-bond donors (Lipinski definition) is 1. The molecular formula is C14H22N6. The zero-order valence-electron chi connectivity index (χ0n) is 12.2. The van der Waals surface area contributed by atoms with Gasteiger partial charge >= 0.3 is 0 Å². The van der Waals surface area contributed by atoms with E-state index in [0.717, 1.165) is 30.6 Å². The first kappa shape index (κ1) is 13.3. The lowest BCUT2D eigenvalue weighted by Gasteiger charge is -2.24. The summed E-state index contributed by atoms with van der Waals surface area (Å²) >= 11 is 0. The van der Waals surface area contributed by atoms with Gasteiger partial charge in [0.05, 0.1) is 0 Å². The van der Waals surface area contributed by atoms with E-state index in [1.54, 1.807) is 4.52 Å². The second-order valence-electron chi connectivity index (χ2n) is 5.60. The lowest BCUT2D eigenvalue weighted by molar-refractivity contribution is 0.254.